The summed E-state index contributed by atoms with van der Waals surface area (Å²) >= 11 is 1.03. The number of thiophene rings is 1. The summed E-state index contributed by atoms with van der Waals surface area (Å²) in [5.74, 6) is -2.30. The van der Waals surface area contributed by atoms with Gasteiger partial charge in [0.25, 0.3) is 0 Å². The first-order chi connectivity index (χ1) is 18.2. The summed E-state index contributed by atoms with van der Waals surface area (Å²) in [6.45, 7) is 4.73. The highest BCUT2D eigenvalue weighted by atomic mass is 32.1. The Kier molecular flexibility index (Phi) is 8.65. The van der Waals surface area contributed by atoms with Crippen molar-refractivity contribution >= 4 is 40.6 Å². The Hall–Kier alpha value is -3.89. The average Bonchev–Trinajstić information content (AvgIpc) is 3.23. The van der Waals surface area contributed by atoms with E-state index in [4.69, 9.17) is 9.84 Å². The number of piperidine rings is 1. The molecule has 9 nitrogen and oxygen atoms in total. The number of carbonyl (C=O) groups is 3. The number of nitrogens with one attached hydrogen (secondary N) is 3. The quantitative estimate of drug-likeness (QED) is 0.253. The minimum absolute atomic E-state index is 0.0535. The third-order valence-corrected chi connectivity index (χ3v) is 7.81. The molecule has 1 aliphatic rings. The molecule has 5 N–H and O–H groups in total. The lowest BCUT2D eigenvalue weighted by Crippen LogP contribution is -2.45. The van der Waals surface area contributed by atoms with Crippen LogP contribution in [0, 0.1) is 19.8 Å². The van der Waals surface area contributed by atoms with E-state index in [1.54, 1.807) is 6.92 Å². The van der Waals surface area contributed by atoms with Crippen molar-refractivity contribution < 1.29 is 29.3 Å². The lowest BCUT2D eigenvalue weighted by atomic mass is 9.89. The summed E-state index contributed by atoms with van der Waals surface area (Å²) < 4.78 is 5.32. The lowest BCUT2D eigenvalue weighted by Gasteiger charge is -2.31. The zero-order chi connectivity index (χ0) is 27.2. The fraction of sp³-hybridized carbons (Fsp3) is 0.321. The molecule has 1 atom stereocenters. The Balaban J connectivity index is 1.62. The minimum atomic E-state index is -1.19. The van der Waals surface area contributed by atoms with Crippen LogP contribution in [0.15, 0.2) is 48.5 Å². The van der Waals surface area contributed by atoms with Gasteiger partial charge in [0.15, 0.2) is 11.5 Å². The second-order valence-electron chi connectivity index (χ2n) is 9.35. The number of ether oxygens (including phenoxy) is 1. The van der Waals surface area contributed by atoms with E-state index in [9.17, 15) is 19.5 Å². The number of carbonyl (C=O) groups excluding carboxylic acids is 1. The van der Waals surface area contributed by atoms with Gasteiger partial charge in [-0.2, -0.15) is 0 Å². The number of aromatic carboxylic acids is 1. The molecule has 3 aromatic rings. The Labute approximate surface area is 224 Å². The molecule has 0 radical (unpaired) electrons. The van der Waals surface area contributed by atoms with Crippen LogP contribution in [0.4, 0.5) is 11.4 Å². The van der Waals surface area contributed by atoms with Crippen molar-refractivity contribution in [2.75, 3.05) is 30.3 Å². The summed E-state index contributed by atoms with van der Waals surface area (Å²) in [5, 5.41) is 28.5. The Bertz CT molecular complexity index is 1330. The first-order valence-corrected chi connectivity index (χ1v) is 13.2. The molecule has 1 aromatic heterocycles. The molecule has 1 saturated heterocycles. The Morgan fingerprint density at radius 3 is 2.45 bits per heavy atom. The van der Waals surface area contributed by atoms with Crippen LogP contribution in [0.2, 0.25) is 0 Å². The molecule has 1 amide bonds. The van der Waals surface area contributed by atoms with Crippen LogP contribution >= 0.6 is 11.3 Å². The number of hydrogen-bond acceptors (Lipinski definition) is 7. The van der Waals surface area contributed by atoms with Gasteiger partial charge in [0.1, 0.15) is 11.8 Å². The molecule has 1 fully saturated rings. The predicted octanol–water partition coefficient (Wildman–Crippen LogP) is 4.61. The van der Waals surface area contributed by atoms with Gasteiger partial charge in [-0.15, -0.1) is 11.3 Å². The normalized spacial score (nSPS) is 14.5. The number of aryl methyl sites for hydroxylation is 1. The molecule has 1 unspecified atom stereocenters. The van der Waals surface area contributed by atoms with Crippen LogP contribution in [-0.2, 0) is 9.59 Å². The van der Waals surface area contributed by atoms with Crippen molar-refractivity contribution in [1.82, 2.24) is 5.32 Å². The van der Waals surface area contributed by atoms with Gasteiger partial charge < -0.3 is 30.9 Å². The number of carboxylic acid groups (broad SMARTS) is 2. The number of carboxylic acids is 2. The maximum atomic E-state index is 13.5. The SMILES string of the molecule is Cc1cccc(NC(=O)C(Nc2cccc(-c3sc(C(=O)O)c(OCC(=O)O)c3C)c2)C2CCNCC2)c1. The van der Waals surface area contributed by atoms with Crippen LogP contribution in [0.25, 0.3) is 10.4 Å². The zero-order valence-electron chi connectivity index (χ0n) is 21.2. The van der Waals surface area contributed by atoms with Crippen LogP contribution < -0.4 is 20.7 Å². The summed E-state index contributed by atoms with van der Waals surface area (Å²) in [6.07, 6.45) is 1.71. The van der Waals surface area contributed by atoms with Gasteiger partial charge in [-0.25, -0.2) is 9.59 Å². The van der Waals surface area contributed by atoms with Crippen molar-refractivity contribution in [2.24, 2.45) is 5.92 Å². The molecular formula is C28H31N3O6S. The van der Waals surface area contributed by atoms with E-state index >= 15 is 0 Å². The van der Waals surface area contributed by atoms with E-state index in [0.717, 1.165) is 59.8 Å². The molecule has 1 aliphatic heterocycles. The van der Waals surface area contributed by atoms with Crippen molar-refractivity contribution in [3.05, 3.63) is 64.5 Å². The molecule has 0 spiro atoms. The summed E-state index contributed by atoms with van der Waals surface area (Å²) in [7, 11) is 0. The van der Waals surface area contributed by atoms with Crippen molar-refractivity contribution in [3.8, 4) is 16.2 Å². The average molecular weight is 538 g/mol. The highest BCUT2D eigenvalue weighted by Crippen LogP contribution is 2.42. The topological polar surface area (TPSA) is 137 Å². The van der Waals surface area contributed by atoms with Crippen LogP contribution in [0.3, 0.4) is 0 Å². The first-order valence-electron chi connectivity index (χ1n) is 12.4. The molecule has 200 valence electrons. The van der Waals surface area contributed by atoms with E-state index < -0.39 is 24.6 Å². The van der Waals surface area contributed by atoms with Gasteiger partial charge in [0.2, 0.25) is 5.91 Å². The van der Waals surface area contributed by atoms with Gasteiger partial charge >= 0.3 is 11.9 Å². The number of aliphatic carboxylic acids is 1. The Morgan fingerprint density at radius 2 is 1.76 bits per heavy atom. The molecule has 0 saturated carbocycles. The predicted molar refractivity (Wildman–Crippen MR) is 147 cm³/mol. The zero-order valence-corrected chi connectivity index (χ0v) is 22.1. The summed E-state index contributed by atoms with van der Waals surface area (Å²) in [5.41, 5.74) is 3.82. The molecule has 0 bridgehead atoms. The van der Waals surface area contributed by atoms with Gasteiger partial charge in [-0.1, -0.05) is 24.3 Å². The third kappa shape index (κ3) is 6.51. The van der Waals surface area contributed by atoms with Crippen LogP contribution in [0.1, 0.15) is 33.6 Å². The fourth-order valence-electron chi connectivity index (χ4n) is 4.67. The van der Waals surface area contributed by atoms with Crippen molar-refractivity contribution in [2.45, 2.75) is 32.7 Å². The summed E-state index contributed by atoms with van der Waals surface area (Å²) in [6, 6.07) is 14.7. The Morgan fingerprint density at radius 1 is 1.05 bits per heavy atom. The largest absolute Gasteiger partial charge is 0.480 e. The number of amides is 1. The minimum Gasteiger partial charge on any atom is -0.480 e. The highest BCUT2D eigenvalue weighted by Gasteiger charge is 2.30. The molecule has 4 rings (SSSR count). The van der Waals surface area contributed by atoms with E-state index in [2.05, 4.69) is 16.0 Å². The van der Waals surface area contributed by atoms with E-state index in [1.807, 2.05) is 55.5 Å². The third-order valence-electron chi connectivity index (χ3n) is 6.50. The van der Waals surface area contributed by atoms with Crippen molar-refractivity contribution in [3.63, 3.8) is 0 Å². The molecule has 10 heteroatoms. The maximum Gasteiger partial charge on any atom is 0.349 e. The monoisotopic (exact) mass is 537 g/mol. The van der Waals surface area contributed by atoms with Gasteiger partial charge in [0.05, 0.1) is 0 Å². The van der Waals surface area contributed by atoms with E-state index in [0.29, 0.717) is 10.4 Å². The molecule has 38 heavy (non-hydrogen) atoms. The standard InChI is InChI=1S/C28H31N3O6S/c1-16-5-3-7-20(13-16)31-27(34)23(18-9-11-29-12-10-18)30-21-8-4-6-19(14-21)25-17(2)24(37-15-22(32)33)26(38-25)28(35)36/h3-8,13-14,18,23,29-30H,9-12,15H2,1-2H3,(H,31,34)(H,32,33)(H,35,36). The van der Waals surface area contributed by atoms with Gasteiger partial charge in [0, 0.05) is 21.8 Å². The summed E-state index contributed by atoms with van der Waals surface area (Å²) in [4.78, 5) is 36.9. The number of benzene rings is 2. The van der Waals surface area contributed by atoms with Crippen LogP contribution in [0.5, 0.6) is 5.75 Å². The van der Waals surface area contributed by atoms with Crippen LogP contribution in [-0.4, -0.2) is 53.8 Å². The van der Waals surface area contributed by atoms with Crippen molar-refractivity contribution in [1.29, 1.82) is 0 Å². The molecule has 0 aliphatic carbocycles. The van der Waals surface area contributed by atoms with E-state index in [1.165, 1.54) is 0 Å². The van der Waals surface area contributed by atoms with Gasteiger partial charge in [-0.05, 0) is 81.1 Å². The fourth-order valence-corrected chi connectivity index (χ4v) is 5.76. The van der Waals surface area contributed by atoms with Gasteiger partial charge in [-0.3, -0.25) is 4.79 Å². The molecule has 2 aromatic carbocycles. The number of anilines is 2. The molecule has 2 heterocycles. The lowest BCUT2D eigenvalue weighted by molar-refractivity contribution is -0.139. The number of rotatable bonds is 10. The smallest absolute Gasteiger partial charge is 0.349 e. The molecular weight excluding hydrogens is 506 g/mol. The maximum absolute atomic E-state index is 13.5. The van der Waals surface area contributed by atoms with E-state index in [-0.39, 0.29) is 22.5 Å². The number of hydrogen-bond donors (Lipinski definition) is 5. The first kappa shape index (κ1) is 27.2. The second kappa shape index (κ2) is 12.1. The second-order valence-corrected chi connectivity index (χ2v) is 10.4. The highest BCUT2D eigenvalue weighted by molar-refractivity contribution is 7.18.